The molecule has 0 bridgehead atoms. The van der Waals surface area contributed by atoms with Crippen LogP contribution in [-0.2, 0) is 7.05 Å². The molecule has 4 N–H and O–H groups in total. The van der Waals surface area contributed by atoms with Crippen LogP contribution in [0.2, 0.25) is 0 Å². The van der Waals surface area contributed by atoms with E-state index in [0.717, 1.165) is 0 Å². The number of rotatable bonds is 3. The van der Waals surface area contributed by atoms with Crippen molar-refractivity contribution in [2.45, 2.75) is 13.0 Å². The summed E-state index contributed by atoms with van der Waals surface area (Å²) in [7, 11) is 1.63. The molecule has 78 valence electrons. The number of nitrogens with two attached hydrogens (primary N) is 1. The third kappa shape index (κ3) is 2.23. The third-order valence-corrected chi connectivity index (χ3v) is 1.74. The monoisotopic (exact) mass is 198 g/mol. The molecule has 0 saturated heterocycles. The average Bonchev–Trinajstić information content (AvgIpc) is 2.42. The van der Waals surface area contributed by atoms with E-state index in [1.807, 2.05) is 0 Å². The molecule has 1 atom stereocenters. The standard InChI is InChI=1S/C8H14N4O2/c1-5(13)3-10-8(14)7-6(9)4-11-12(7)2/h4-5,13H,3,9H2,1-2H3,(H,10,14)/t5-/m0/s1. The summed E-state index contributed by atoms with van der Waals surface area (Å²) >= 11 is 0. The highest BCUT2D eigenvalue weighted by Gasteiger charge is 2.14. The van der Waals surface area contributed by atoms with Crippen molar-refractivity contribution >= 4 is 11.6 Å². The Labute approximate surface area is 81.7 Å². The first-order chi connectivity index (χ1) is 6.52. The summed E-state index contributed by atoms with van der Waals surface area (Å²) in [4.78, 5) is 11.5. The average molecular weight is 198 g/mol. The van der Waals surface area contributed by atoms with E-state index < -0.39 is 6.10 Å². The van der Waals surface area contributed by atoms with Crippen molar-refractivity contribution in [3.8, 4) is 0 Å². The van der Waals surface area contributed by atoms with Crippen molar-refractivity contribution in [2.75, 3.05) is 12.3 Å². The largest absolute Gasteiger partial charge is 0.396 e. The van der Waals surface area contributed by atoms with Crippen LogP contribution < -0.4 is 11.1 Å². The van der Waals surface area contributed by atoms with Crippen LogP contribution in [0.5, 0.6) is 0 Å². The van der Waals surface area contributed by atoms with E-state index in [2.05, 4.69) is 10.4 Å². The smallest absolute Gasteiger partial charge is 0.271 e. The molecule has 6 heteroatoms. The van der Waals surface area contributed by atoms with E-state index in [0.29, 0.717) is 11.4 Å². The van der Waals surface area contributed by atoms with Crippen molar-refractivity contribution in [1.29, 1.82) is 0 Å². The lowest BCUT2D eigenvalue weighted by Crippen LogP contribution is -2.32. The van der Waals surface area contributed by atoms with Crippen LogP contribution in [0.1, 0.15) is 17.4 Å². The minimum absolute atomic E-state index is 0.198. The Morgan fingerprint density at radius 1 is 1.86 bits per heavy atom. The first kappa shape index (κ1) is 10.5. The molecule has 0 radical (unpaired) electrons. The van der Waals surface area contributed by atoms with Crippen molar-refractivity contribution < 1.29 is 9.90 Å². The number of nitrogens with zero attached hydrogens (tertiary/aromatic N) is 2. The van der Waals surface area contributed by atoms with E-state index in [-0.39, 0.29) is 12.5 Å². The van der Waals surface area contributed by atoms with Crippen LogP contribution in [0.15, 0.2) is 6.20 Å². The molecule has 1 rings (SSSR count). The fourth-order valence-corrected chi connectivity index (χ4v) is 1.06. The van der Waals surface area contributed by atoms with Crippen molar-refractivity contribution in [1.82, 2.24) is 15.1 Å². The summed E-state index contributed by atoms with van der Waals surface area (Å²) in [6.45, 7) is 1.79. The van der Waals surface area contributed by atoms with Gasteiger partial charge in [-0.25, -0.2) is 0 Å². The third-order valence-electron chi connectivity index (χ3n) is 1.74. The van der Waals surface area contributed by atoms with Gasteiger partial charge in [-0.3, -0.25) is 9.48 Å². The highest BCUT2D eigenvalue weighted by atomic mass is 16.3. The van der Waals surface area contributed by atoms with Gasteiger partial charge in [0.2, 0.25) is 0 Å². The SMILES string of the molecule is C[C@H](O)CNC(=O)c1c(N)cnn1C. The Kier molecular flexibility index (Phi) is 3.08. The van der Waals surface area contributed by atoms with Gasteiger partial charge in [0.25, 0.3) is 5.91 Å². The summed E-state index contributed by atoms with van der Waals surface area (Å²) in [5.41, 5.74) is 6.18. The summed E-state index contributed by atoms with van der Waals surface area (Å²) in [6, 6.07) is 0. The number of carbonyl (C=O) groups excluding carboxylic acids is 1. The van der Waals surface area contributed by atoms with Gasteiger partial charge in [0.05, 0.1) is 18.0 Å². The number of aromatic nitrogens is 2. The lowest BCUT2D eigenvalue weighted by Gasteiger charge is -2.07. The maximum Gasteiger partial charge on any atom is 0.271 e. The minimum Gasteiger partial charge on any atom is -0.396 e. The van der Waals surface area contributed by atoms with Crippen LogP contribution in [0.25, 0.3) is 0 Å². The zero-order chi connectivity index (χ0) is 10.7. The number of hydrogen-bond donors (Lipinski definition) is 3. The molecule has 0 aliphatic carbocycles. The molecule has 6 nitrogen and oxygen atoms in total. The van der Waals surface area contributed by atoms with Crippen LogP contribution in [0.3, 0.4) is 0 Å². The van der Waals surface area contributed by atoms with Crippen molar-refractivity contribution in [3.05, 3.63) is 11.9 Å². The van der Waals surface area contributed by atoms with Gasteiger partial charge in [0.1, 0.15) is 5.69 Å². The van der Waals surface area contributed by atoms with Gasteiger partial charge < -0.3 is 16.2 Å². The molecule has 0 aromatic carbocycles. The molecule has 1 aromatic heterocycles. The van der Waals surface area contributed by atoms with Crippen LogP contribution in [0.4, 0.5) is 5.69 Å². The number of amides is 1. The Morgan fingerprint density at radius 2 is 2.50 bits per heavy atom. The Balaban J connectivity index is 2.70. The molecule has 0 spiro atoms. The molecule has 0 aliphatic rings. The van der Waals surface area contributed by atoms with Crippen molar-refractivity contribution in [2.24, 2.45) is 7.05 Å². The summed E-state index contributed by atoms with van der Waals surface area (Å²) < 4.78 is 1.40. The second-order valence-corrected chi connectivity index (χ2v) is 3.13. The van der Waals surface area contributed by atoms with Crippen LogP contribution in [0, 0.1) is 0 Å². The van der Waals surface area contributed by atoms with E-state index in [1.165, 1.54) is 10.9 Å². The van der Waals surface area contributed by atoms with Gasteiger partial charge in [0, 0.05) is 13.6 Å². The number of aliphatic hydroxyl groups excluding tert-OH is 1. The Bertz CT molecular complexity index is 313. The van der Waals surface area contributed by atoms with Crippen LogP contribution >= 0.6 is 0 Å². The summed E-state index contributed by atoms with van der Waals surface area (Å²) in [6.07, 6.45) is 0.838. The fourth-order valence-electron chi connectivity index (χ4n) is 1.06. The molecule has 1 aromatic rings. The molecule has 1 heterocycles. The van der Waals surface area contributed by atoms with Crippen molar-refractivity contribution in [3.63, 3.8) is 0 Å². The molecular weight excluding hydrogens is 184 g/mol. The quantitative estimate of drug-likeness (QED) is 0.587. The summed E-state index contributed by atoms with van der Waals surface area (Å²) in [5, 5.41) is 15.3. The van der Waals surface area contributed by atoms with E-state index in [9.17, 15) is 4.79 Å². The van der Waals surface area contributed by atoms with E-state index in [4.69, 9.17) is 10.8 Å². The van der Waals surface area contributed by atoms with Gasteiger partial charge in [0.15, 0.2) is 0 Å². The lowest BCUT2D eigenvalue weighted by atomic mass is 10.3. The fraction of sp³-hybridized carbons (Fsp3) is 0.500. The number of hydrogen-bond acceptors (Lipinski definition) is 4. The second kappa shape index (κ2) is 4.10. The number of aliphatic hydroxyl groups is 1. The predicted molar refractivity (Wildman–Crippen MR) is 51.6 cm³/mol. The normalized spacial score (nSPS) is 12.5. The number of carbonyl (C=O) groups is 1. The molecule has 0 unspecified atom stereocenters. The van der Waals surface area contributed by atoms with E-state index >= 15 is 0 Å². The molecule has 14 heavy (non-hydrogen) atoms. The molecule has 0 aliphatic heterocycles. The van der Waals surface area contributed by atoms with Gasteiger partial charge in [-0.1, -0.05) is 0 Å². The van der Waals surface area contributed by atoms with Gasteiger partial charge in [-0.15, -0.1) is 0 Å². The van der Waals surface area contributed by atoms with E-state index in [1.54, 1.807) is 14.0 Å². The number of nitrogens with one attached hydrogen (secondary N) is 1. The first-order valence-corrected chi connectivity index (χ1v) is 4.26. The molecule has 0 saturated carbocycles. The highest BCUT2D eigenvalue weighted by Crippen LogP contribution is 2.08. The lowest BCUT2D eigenvalue weighted by molar-refractivity contribution is 0.0915. The van der Waals surface area contributed by atoms with Gasteiger partial charge in [-0.05, 0) is 6.92 Å². The van der Waals surface area contributed by atoms with Gasteiger partial charge >= 0.3 is 0 Å². The molecular formula is C8H14N4O2. The van der Waals surface area contributed by atoms with Crippen LogP contribution in [-0.4, -0.2) is 33.4 Å². The first-order valence-electron chi connectivity index (χ1n) is 4.26. The highest BCUT2D eigenvalue weighted by molar-refractivity contribution is 5.97. The Hall–Kier alpha value is -1.56. The maximum atomic E-state index is 11.5. The zero-order valence-corrected chi connectivity index (χ0v) is 8.19. The number of aryl methyl sites for hydroxylation is 1. The molecule has 0 fully saturated rings. The number of nitrogen functional groups attached to an aromatic ring is 1. The zero-order valence-electron chi connectivity index (χ0n) is 8.19. The maximum absolute atomic E-state index is 11.5. The topological polar surface area (TPSA) is 93.2 Å². The molecule has 1 amide bonds. The Morgan fingerprint density at radius 3 is 2.93 bits per heavy atom. The second-order valence-electron chi connectivity index (χ2n) is 3.13. The van der Waals surface area contributed by atoms with Gasteiger partial charge in [-0.2, -0.15) is 5.10 Å². The summed E-state index contributed by atoms with van der Waals surface area (Å²) in [5.74, 6) is -0.330. The minimum atomic E-state index is -0.576. The predicted octanol–water partition coefficient (Wildman–Crippen LogP) is -0.887. The number of anilines is 1.